The van der Waals surface area contributed by atoms with Crippen molar-refractivity contribution in [3.63, 3.8) is 0 Å². The summed E-state index contributed by atoms with van der Waals surface area (Å²) in [5.41, 5.74) is 12.8. The number of nitrogens with two attached hydrogens (primary N) is 2. The van der Waals surface area contributed by atoms with E-state index in [0.717, 1.165) is 11.3 Å². The molecule has 5 N–H and O–H groups in total. The van der Waals surface area contributed by atoms with Crippen LogP contribution in [0.2, 0.25) is 10.0 Å². The summed E-state index contributed by atoms with van der Waals surface area (Å²) in [7, 11) is 0. The SMILES string of the molecule is C[C@H](O)[C@H](C)Oc1nc(-c2ccc(Cl)c(Cl)c2)c2c(N)c(C(N)=O)sc2n1. The first-order valence-corrected chi connectivity index (χ1v) is 9.46. The van der Waals surface area contributed by atoms with Crippen molar-refractivity contribution in [2.75, 3.05) is 5.73 Å². The summed E-state index contributed by atoms with van der Waals surface area (Å²) in [6.45, 7) is 3.28. The summed E-state index contributed by atoms with van der Waals surface area (Å²) >= 11 is 13.2. The van der Waals surface area contributed by atoms with E-state index in [2.05, 4.69) is 9.97 Å². The number of carbonyl (C=O) groups is 1. The number of hydrogen-bond donors (Lipinski definition) is 3. The van der Waals surface area contributed by atoms with Crippen LogP contribution in [0.15, 0.2) is 18.2 Å². The maximum atomic E-state index is 11.7. The predicted molar refractivity (Wildman–Crippen MR) is 108 cm³/mol. The van der Waals surface area contributed by atoms with E-state index in [0.29, 0.717) is 31.5 Å². The summed E-state index contributed by atoms with van der Waals surface area (Å²) in [6.07, 6.45) is -1.27. The van der Waals surface area contributed by atoms with Gasteiger partial charge >= 0.3 is 6.01 Å². The van der Waals surface area contributed by atoms with Gasteiger partial charge in [-0.15, -0.1) is 11.3 Å². The fourth-order valence-electron chi connectivity index (χ4n) is 2.36. The Morgan fingerprint density at radius 2 is 1.96 bits per heavy atom. The molecule has 3 aromatic rings. The topological polar surface area (TPSA) is 124 Å². The first kappa shape index (κ1) is 19.6. The number of primary amides is 1. The Balaban J connectivity index is 2.27. The molecule has 0 aliphatic heterocycles. The summed E-state index contributed by atoms with van der Waals surface area (Å²) in [6, 6.07) is 5.02. The maximum absolute atomic E-state index is 11.7. The molecule has 2 heterocycles. The van der Waals surface area contributed by atoms with Gasteiger partial charge in [0.2, 0.25) is 0 Å². The van der Waals surface area contributed by atoms with Crippen LogP contribution in [-0.4, -0.2) is 33.2 Å². The van der Waals surface area contributed by atoms with Gasteiger partial charge in [0.05, 0.1) is 32.9 Å². The highest BCUT2D eigenvalue weighted by Gasteiger charge is 2.23. The van der Waals surface area contributed by atoms with Crippen LogP contribution in [0.25, 0.3) is 21.5 Å². The number of hydrogen-bond acceptors (Lipinski definition) is 7. The van der Waals surface area contributed by atoms with E-state index in [1.807, 2.05) is 0 Å². The number of halogens is 2. The molecular weight excluding hydrogens is 411 g/mol. The number of anilines is 1. The summed E-state index contributed by atoms with van der Waals surface area (Å²) in [4.78, 5) is 21.0. The van der Waals surface area contributed by atoms with Gasteiger partial charge < -0.3 is 21.3 Å². The second kappa shape index (κ2) is 7.47. The lowest BCUT2D eigenvalue weighted by Crippen LogP contribution is -2.26. The quantitative estimate of drug-likeness (QED) is 0.573. The van der Waals surface area contributed by atoms with Crippen LogP contribution in [0.5, 0.6) is 6.01 Å². The summed E-state index contributed by atoms with van der Waals surface area (Å²) in [5, 5.41) is 10.9. The molecule has 2 atom stereocenters. The van der Waals surface area contributed by atoms with Crippen LogP contribution < -0.4 is 16.2 Å². The Morgan fingerprint density at radius 1 is 1.26 bits per heavy atom. The molecule has 1 amide bonds. The van der Waals surface area contributed by atoms with Crippen LogP contribution in [0, 0.1) is 0 Å². The molecule has 3 rings (SSSR count). The second-order valence-corrected chi connectivity index (χ2v) is 7.75. The van der Waals surface area contributed by atoms with Gasteiger partial charge in [0.1, 0.15) is 15.8 Å². The van der Waals surface area contributed by atoms with Gasteiger partial charge in [-0.05, 0) is 26.0 Å². The van der Waals surface area contributed by atoms with Gasteiger partial charge in [-0.3, -0.25) is 4.79 Å². The highest BCUT2D eigenvalue weighted by molar-refractivity contribution is 7.21. The Morgan fingerprint density at radius 3 is 2.56 bits per heavy atom. The number of rotatable bonds is 5. The molecule has 1 aromatic carbocycles. The largest absolute Gasteiger partial charge is 0.458 e. The normalized spacial score (nSPS) is 13.5. The Bertz CT molecular complexity index is 1040. The number of fused-ring (bicyclic) bond motifs is 1. The fourth-order valence-corrected chi connectivity index (χ4v) is 3.59. The number of aromatic nitrogens is 2. The minimum absolute atomic E-state index is 0.0363. The molecule has 0 fully saturated rings. The lowest BCUT2D eigenvalue weighted by molar-refractivity contribution is 0.0545. The average Bonchev–Trinajstić information content (AvgIpc) is 2.93. The van der Waals surface area contributed by atoms with Gasteiger partial charge in [0.25, 0.3) is 5.91 Å². The summed E-state index contributed by atoms with van der Waals surface area (Å²) in [5.74, 6) is -0.657. The minimum atomic E-state index is -0.729. The van der Waals surface area contributed by atoms with Crippen molar-refractivity contribution in [2.45, 2.75) is 26.1 Å². The third-order valence-corrected chi connectivity index (χ3v) is 5.81. The van der Waals surface area contributed by atoms with Crippen molar-refractivity contribution in [2.24, 2.45) is 5.73 Å². The van der Waals surface area contributed by atoms with Crippen molar-refractivity contribution in [1.82, 2.24) is 9.97 Å². The number of thiophene rings is 1. The number of nitrogens with zero attached hydrogens (tertiary/aromatic N) is 2. The highest BCUT2D eigenvalue weighted by Crippen LogP contribution is 2.40. The molecule has 0 aliphatic rings. The Labute approximate surface area is 168 Å². The van der Waals surface area contributed by atoms with Gasteiger partial charge in [-0.1, -0.05) is 29.3 Å². The van der Waals surface area contributed by atoms with Crippen molar-refractivity contribution in [3.05, 3.63) is 33.1 Å². The van der Waals surface area contributed by atoms with Crippen molar-refractivity contribution < 1.29 is 14.6 Å². The average molecular weight is 427 g/mol. The van der Waals surface area contributed by atoms with Crippen LogP contribution in [-0.2, 0) is 0 Å². The Kier molecular flexibility index (Phi) is 5.43. The molecule has 27 heavy (non-hydrogen) atoms. The number of benzene rings is 1. The van der Waals surface area contributed by atoms with Crippen LogP contribution in [0.1, 0.15) is 23.5 Å². The number of amides is 1. The van der Waals surface area contributed by atoms with E-state index < -0.39 is 18.1 Å². The second-order valence-electron chi connectivity index (χ2n) is 5.94. The number of aliphatic hydroxyl groups excluding tert-OH is 1. The highest BCUT2D eigenvalue weighted by atomic mass is 35.5. The van der Waals surface area contributed by atoms with Gasteiger partial charge in [-0.25, -0.2) is 0 Å². The van der Waals surface area contributed by atoms with E-state index in [1.54, 1.807) is 32.0 Å². The molecule has 142 valence electrons. The van der Waals surface area contributed by atoms with E-state index in [1.165, 1.54) is 0 Å². The number of carbonyl (C=O) groups excluding carboxylic acids is 1. The molecule has 0 unspecified atom stereocenters. The molecule has 0 spiro atoms. The molecule has 7 nitrogen and oxygen atoms in total. The lowest BCUT2D eigenvalue weighted by atomic mass is 10.1. The molecule has 0 aliphatic carbocycles. The van der Waals surface area contributed by atoms with Gasteiger partial charge in [-0.2, -0.15) is 9.97 Å². The van der Waals surface area contributed by atoms with Crippen molar-refractivity contribution in [3.8, 4) is 17.3 Å². The third kappa shape index (κ3) is 3.79. The zero-order valence-corrected chi connectivity index (χ0v) is 16.7. The first-order valence-electron chi connectivity index (χ1n) is 7.89. The molecule has 10 heteroatoms. The van der Waals surface area contributed by atoms with E-state index >= 15 is 0 Å². The molecule has 0 bridgehead atoms. The predicted octanol–water partition coefficient (Wildman–Crippen LogP) is 3.49. The first-order chi connectivity index (χ1) is 12.7. The molecular formula is C17H16Cl2N4O3S. The van der Waals surface area contributed by atoms with Gasteiger partial charge in [0, 0.05) is 5.56 Å². The maximum Gasteiger partial charge on any atom is 0.318 e. The smallest absolute Gasteiger partial charge is 0.318 e. The Hall–Kier alpha value is -2.13. The zero-order chi connectivity index (χ0) is 19.9. The van der Waals surface area contributed by atoms with Crippen LogP contribution in [0.4, 0.5) is 5.69 Å². The lowest BCUT2D eigenvalue weighted by Gasteiger charge is -2.16. The third-order valence-electron chi connectivity index (χ3n) is 3.96. The van der Waals surface area contributed by atoms with E-state index in [9.17, 15) is 9.90 Å². The van der Waals surface area contributed by atoms with Crippen LogP contribution >= 0.6 is 34.5 Å². The fraction of sp³-hybridized carbons (Fsp3) is 0.235. The standard InChI is InChI=1S/C17H16Cl2N4O3S/c1-6(24)7(2)26-17-22-13(8-3-4-9(18)10(19)5-8)11-12(20)14(15(21)25)27-16(11)23-17/h3-7,24H,20H2,1-2H3,(H2,21,25)/t6-,7-/m0/s1. The molecule has 0 saturated heterocycles. The number of nitrogen functional groups attached to an aromatic ring is 1. The monoisotopic (exact) mass is 426 g/mol. The molecule has 0 radical (unpaired) electrons. The number of ether oxygens (including phenoxy) is 1. The molecule has 0 saturated carbocycles. The number of aliphatic hydroxyl groups is 1. The van der Waals surface area contributed by atoms with Crippen molar-refractivity contribution in [1.29, 1.82) is 0 Å². The van der Waals surface area contributed by atoms with Crippen LogP contribution in [0.3, 0.4) is 0 Å². The molecule has 2 aromatic heterocycles. The minimum Gasteiger partial charge on any atom is -0.458 e. The summed E-state index contributed by atoms with van der Waals surface area (Å²) < 4.78 is 5.63. The van der Waals surface area contributed by atoms with E-state index in [4.69, 9.17) is 39.4 Å². The van der Waals surface area contributed by atoms with E-state index in [-0.39, 0.29) is 16.6 Å². The zero-order valence-electron chi connectivity index (χ0n) is 14.4. The van der Waals surface area contributed by atoms with Gasteiger partial charge in [0.15, 0.2) is 0 Å². The van der Waals surface area contributed by atoms with Crippen molar-refractivity contribution >= 4 is 56.3 Å².